The first-order valence-electron chi connectivity index (χ1n) is 8.23. The molecule has 0 radical (unpaired) electrons. The van der Waals surface area contributed by atoms with Gasteiger partial charge in [0.05, 0.1) is 11.3 Å². The molecule has 2 amide bonds. The summed E-state index contributed by atoms with van der Waals surface area (Å²) in [7, 11) is 0. The number of benzene rings is 1. The van der Waals surface area contributed by atoms with E-state index in [0.717, 1.165) is 29.9 Å². The van der Waals surface area contributed by atoms with Gasteiger partial charge in [0.25, 0.3) is 5.91 Å². The molecular formula is C18H22N4O2. The van der Waals surface area contributed by atoms with E-state index in [1.54, 1.807) is 24.3 Å². The quantitative estimate of drug-likeness (QED) is 0.786. The molecule has 0 aliphatic heterocycles. The normalized spacial score (nSPS) is 13.8. The largest absolute Gasteiger partial charge is 0.326 e. The molecule has 1 fully saturated rings. The topological polar surface area (TPSA) is 86.9 Å². The predicted octanol–water partition coefficient (Wildman–Crippen LogP) is 3.44. The van der Waals surface area contributed by atoms with Crippen molar-refractivity contribution in [2.75, 3.05) is 10.6 Å². The number of hydrogen-bond acceptors (Lipinski definition) is 3. The van der Waals surface area contributed by atoms with E-state index in [1.807, 2.05) is 20.8 Å². The zero-order valence-corrected chi connectivity index (χ0v) is 14.1. The van der Waals surface area contributed by atoms with Gasteiger partial charge in [-0.05, 0) is 49.9 Å². The fourth-order valence-electron chi connectivity index (χ4n) is 2.57. The second-order valence-corrected chi connectivity index (χ2v) is 6.56. The molecule has 2 aromatic rings. The number of H-pyrrole nitrogens is 1. The van der Waals surface area contributed by atoms with Gasteiger partial charge in [-0.15, -0.1) is 0 Å². The van der Waals surface area contributed by atoms with Gasteiger partial charge >= 0.3 is 0 Å². The van der Waals surface area contributed by atoms with Gasteiger partial charge in [0.2, 0.25) is 5.91 Å². The predicted molar refractivity (Wildman–Crippen MR) is 93.2 cm³/mol. The van der Waals surface area contributed by atoms with Gasteiger partial charge in [-0.2, -0.15) is 5.10 Å². The molecule has 0 unspecified atom stereocenters. The summed E-state index contributed by atoms with van der Waals surface area (Å²) in [4.78, 5) is 24.3. The van der Waals surface area contributed by atoms with Crippen molar-refractivity contribution in [2.24, 2.45) is 5.92 Å². The summed E-state index contributed by atoms with van der Waals surface area (Å²) in [6, 6.07) is 7.15. The van der Waals surface area contributed by atoms with E-state index in [-0.39, 0.29) is 23.7 Å². The number of rotatable bonds is 5. The molecule has 1 aliphatic carbocycles. The summed E-state index contributed by atoms with van der Waals surface area (Å²) in [5.74, 6) is 0.223. The summed E-state index contributed by atoms with van der Waals surface area (Å²) in [5.41, 5.74) is 3.53. The number of hydrogen-bond donors (Lipinski definition) is 3. The lowest BCUT2D eigenvalue weighted by molar-refractivity contribution is -0.117. The fraction of sp³-hybridized carbons (Fsp3) is 0.389. The molecule has 1 aromatic heterocycles. The van der Waals surface area contributed by atoms with Crippen LogP contribution >= 0.6 is 0 Å². The smallest absolute Gasteiger partial charge is 0.259 e. The molecule has 1 heterocycles. The zero-order valence-electron chi connectivity index (χ0n) is 14.1. The van der Waals surface area contributed by atoms with Crippen molar-refractivity contribution in [3.63, 3.8) is 0 Å². The van der Waals surface area contributed by atoms with E-state index in [1.165, 1.54) is 0 Å². The van der Waals surface area contributed by atoms with Crippen LogP contribution in [0, 0.1) is 12.8 Å². The van der Waals surface area contributed by atoms with Crippen LogP contribution in [0.4, 0.5) is 11.4 Å². The average Bonchev–Trinajstić information content (AvgIpc) is 3.31. The molecule has 0 spiro atoms. The number of amides is 2. The Bertz CT molecular complexity index is 758. The van der Waals surface area contributed by atoms with Crippen LogP contribution in [0.3, 0.4) is 0 Å². The molecule has 6 heteroatoms. The molecule has 24 heavy (non-hydrogen) atoms. The molecule has 6 nitrogen and oxygen atoms in total. The number of nitrogens with zero attached hydrogens (tertiary/aromatic N) is 1. The van der Waals surface area contributed by atoms with E-state index in [4.69, 9.17) is 0 Å². The summed E-state index contributed by atoms with van der Waals surface area (Å²) in [5, 5.41) is 12.9. The molecule has 0 saturated heterocycles. The van der Waals surface area contributed by atoms with Crippen LogP contribution in [0.5, 0.6) is 0 Å². The molecule has 126 valence electrons. The Hall–Kier alpha value is -2.63. The first kappa shape index (κ1) is 16.2. The second kappa shape index (κ2) is 6.47. The number of anilines is 2. The summed E-state index contributed by atoms with van der Waals surface area (Å²) < 4.78 is 0. The van der Waals surface area contributed by atoms with Crippen LogP contribution in [-0.4, -0.2) is 22.0 Å². The van der Waals surface area contributed by atoms with Crippen molar-refractivity contribution in [3.05, 3.63) is 41.2 Å². The number of aromatic nitrogens is 2. The van der Waals surface area contributed by atoms with Gasteiger partial charge in [0.15, 0.2) is 0 Å². The van der Waals surface area contributed by atoms with Crippen LogP contribution in [0.1, 0.15) is 54.4 Å². The van der Waals surface area contributed by atoms with Gasteiger partial charge in [0, 0.05) is 23.0 Å². The molecule has 1 aliphatic rings. The van der Waals surface area contributed by atoms with Gasteiger partial charge in [-0.3, -0.25) is 14.7 Å². The Morgan fingerprint density at radius 1 is 1.12 bits per heavy atom. The lowest BCUT2D eigenvalue weighted by Crippen LogP contribution is -2.15. The summed E-state index contributed by atoms with van der Waals surface area (Å²) in [6.07, 6.45) is 1.95. The number of aryl methyl sites for hydroxylation is 1. The van der Waals surface area contributed by atoms with Crippen LogP contribution < -0.4 is 10.6 Å². The van der Waals surface area contributed by atoms with E-state index < -0.39 is 0 Å². The third-order valence-corrected chi connectivity index (χ3v) is 4.11. The minimum atomic E-state index is -0.181. The van der Waals surface area contributed by atoms with E-state index in [2.05, 4.69) is 20.8 Å². The van der Waals surface area contributed by atoms with Crippen molar-refractivity contribution in [1.82, 2.24) is 10.2 Å². The minimum absolute atomic E-state index is 0.0717. The zero-order chi connectivity index (χ0) is 17.3. The maximum atomic E-state index is 12.5. The molecular weight excluding hydrogens is 304 g/mol. The number of carbonyl (C=O) groups excluding carboxylic acids is 2. The third kappa shape index (κ3) is 3.48. The van der Waals surface area contributed by atoms with E-state index >= 15 is 0 Å². The number of nitrogens with one attached hydrogen (secondary N) is 3. The lowest BCUT2D eigenvalue weighted by Gasteiger charge is -2.09. The standard InChI is InChI=1S/C18H22N4O2/c1-10(2)16-15(11(3)21-22-16)18(24)20-14-8-6-13(7-9-14)19-17(23)12-4-5-12/h6-10,12H,4-5H2,1-3H3,(H,19,23)(H,20,24)(H,21,22). The van der Waals surface area contributed by atoms with E-state index in [9.17, 15) is 9.59 Å². The van der Waals surface area contributed by atoms with Gasteiger partial charge < -0.3 is 10.6 Å². The van der Waals surface area contributed by atoms with Crippen LogP contribution in [0.15, 0.2) is 24.3 Å². The van der Waals surface area contributed by atoms with Crippen LogP contribution in [0.2, 0.25) is 0 Å². The Morgan fingerprint density at radius 2 is 1.71 bits per heavy atom. The van der Waals surface area contributed by atoms with Crippen molar-refractivity contribution in [1.29, 1.82) is 0 Å². The highest BCUT2D eigenvalue weighted by Crippen LogP contribution is 2.30. The summed E-state index contributed by atoms with van der Waals surface area (Å²) >= 11 is 0. The van der Waals surface area contributed by atoms with Crippen molar-refractivity contribution in [2.45, 2.75) is 39.5 Å². The maximum Gasteiger partial charge on any atom is 0.259 e. The van der Waals surface area contributed by atoms with E-state index in [0.29, 0.717) is 11.3 Å². The second-order valence-electron chi connectivity index (χ2n) is 6.56. The molecule has 0 atom stereocenters. The highest BCUT2D eigenvalue weighted by Gasteiger charge is 2.29. The highest BCUT2D eigenvalue weighted by atomic mass is 16.2. The monoisotopic (exact) mass is 326 g/mol. The molecule has 1 aromatic carbocycles. The lowest BCUT2D eigenvalue weighted by atomic mass is 10.0. The van der Waals surface area contributed by atoms with Gasteiger partial charge in [-0.25, -0.2) is 0 Å². The SMILES string of the molecule is Cc1[nH]nc(C(C)C)c1C(=O)Nc1ccc(NC(=O)C2CC2)cc1. The highest BCUT2D eigenvalue weighted by molar-refractivity contribution is 6.06. The average molecular weight is 326 g/mol. The van der Waals surface area contributed by atoms with Crippen molar-refractivity contribution < 1.29 is 9.59 Å². The Morgan fingerprint density at radius 3 is 2.25 bits per heavy atom. The van der Waals surface area contributed by atoms with Crippen molar-refractivity contribution >= 4 is 23.2 Å². The third-order valence-electron chi connectivity index (χ3n) is 4.11. The number of aromatic amines is 1. The molecule has 0 bridgehead atoms. The molecule has 1 saturated carbocycles. The fourth-order valence-corrected chi connectivity index (χ4v) is 2.57. The number of carbonyl (C=O) groups is 2. The maximum absolute atomic E-state index is 12.5. The minimum Gasteiger partial charge on any atom is -0.326 e. The molecule has 3 rings (SSSR count). The van der Waals surface area contributed by atoms with Gasteiger partial charge in [0.1, 0.15) is 0 Å². The first-order chi connectivity index (χ1) is 11.5. The summed E-state index contributed by atoms with van der Waals surface area (Å²) in [6.45, 7) is 5.85. The van der Waals surface area contributed by atoms with Crippen molar-refractivity contribution in [3.8, 4) is 0 Å². The van der Waals surface area contributed by atoms with Crippen LogP contribution in [-0.2, 0) is 4.79 Å². The Kier molecular flexibility index (Phi) is 4.38. The first-order valence-corrected chi connectivity index (χ1v) is 8.23. The Labute approximate surface area is 141 Å². The molecule has 3 N–H and O–H groups in total. The van der Waals surface area contributed by atoms with Crippen LogP contribution in [0.25, 0.3) is 0 Å². The van der Waals surface area contributed by atoms with Gasteiger partial charge in [-0.1, -0.05) is 13.8 Å². The Balaban J connectivity index is 1.68.